The Morgan fingerprint density at radius 3 is 2.76 bits per heavy atom. The third kappa shape index (κ3) is 3.76. The summed E-state index contributed by atoms with van der Waals surface area (Å²) < 4.78 is 7.87. The first-order valence-corrected chi connectivity index (χ1v) is 8.92. The number of ether oxygens (including phenoxy) is 1. The first-order valence-electron chi connectivity index (χ1n) is 8.92. The van der Waals surface area contributed by atoms with Gasteiger partial charge in [-0.05, 0) is 18.1 Å². The highest BCUT2D eigenvalue weighted by Crippen LogP contribution is 2.24. The number of aromatic nitrogens is 2. The summed E-state index contributed by atoms with van der Waals surface area (Å²) >= 11 is 0. The first-order chi connectivity index (χ1) is 12.0. The van der Waals surface area contributed by atoms with E-state index in [-0.39, 0.29) is 11.8 Å². The standard InChI is InChI=1S/C20H27N3O2/c1-14(2)20(24)23-10-9-19-17(11-23)18(21-22(19)4)13-25-12-16-8-6-5-7-15(16)3/h5-8,14H,9-13H2,1-4H3. The predicted octanol–water partition coefficient (Wildman–Crippen LogP) is 2.99. The zero-order valence-corrected chi connectivity index (χ0v) is 15.6. The summed E-state index contributed by atoms with van der Waals surface area (Å²) in [7, 11) is 1.98. The Morgan fingerprint density at radius 2 is 2.04 bits per heavy atom. The van der Waals surface area contributed by atoms with Gasteiger partial charge in [0.15, 0.2) is 0 Å². The van der Waals surface area contributed by atoms with Crippen LogP contribution in [0, 0.1) is 12.8 Å². The number of rotatable bonds is 5. The Kier molecular flexibility index (Phi) is 5.23. The van der Waals surface area contributed by atoms with Gasteiger partial charge in [-0.2, -0.15) is 5.10 Å². The molecule has 25 heavy (non-hydrogen) atoms. The summed E-state index contributed by atoms with van der Waals surface area (Å²) in [6, 6.07) is 8.25. The maximum absolute atomic E-state index is 12.3. The van der Waals surface area contributed by atoms with Gasteiger partial charge in [0.25, 0.3) is 0 Å². The van der Waals surface area contributed by atoms with Crippen LogP contribution in [0.15, 0.2) is 24.3 Å². The molecule has 2 aromatic rings. The van der Waals surface area contributed by atoms with Crippen molar-refractivity contribution in [1.82, 2.24) is 14.7 Å². The van der Waals surface area contributed by atoms with Crippen LogP contribution in [0.5, 0.6) is 0 Å². The van der Waals surface area contributed by atoms with E-state index in [2.05, 4.69) is 24.2 Å². The van der Waals surface area contributed by atoms with Crippen molar-refractivity contribution < 1.29 is 9.53 Å². The second kappa shape index (κ2) is 7.40. The van der Waals surface area contributed by atoms with Crippen molar-refractivity contribution in [2.24, 2.45) is 13.0 Å². The SMILES string of the molecule is Cc1ccccc1COCc1nn(C)c2c1CN(C(=O)C(C)C)CC2. The van der Waals surface area contributed by atoms with Crippen LogP contribution in [0.3, 0.4) is 0 Å². The Bertz CT molecular complexity index is 764. The van der Waals surface area contributed by atoms with E-state index in [0.717, 1.165) is 24.2 Å². The lowest BCUT2D eigenvalue weighted by molar-refractivity contribution is -0.135. The van der Waals surface area contributed by atoms with Crippen LogP contribution < -0.4 is 0 Å². The molecule has 0 saturated carbocycles. The molecule has 3 rings (SSSR count). The van der Waals surface area contributed by atoms with Gasteiger partial charge in [0.1, 0.15) is 0 Å². The van der Waals surface area contributed by atoms with E-state index in [1.54, 1.807) is 0 Å². The summed E-state index contributed by atoms with van der Waals surface area (Å²) in [5.74, 6) is 0.236. The summed E-state index contributed by atoms with van der Waals surface area (Å²) in [5, 5.41) is 4.64. The van der Waals surface area contributed by atoms with Crippen molar-refractivity contribution in [3.63, 3.8) is 0 Å². The molecule has 0 spiro atoms. The van der Waals surface area contributed by atoms with Gasteiger partial charge in [0.05, 0.1) is 18.9 Å². The molecular weight excluding hydrogens is 314 g/mol. The quantitative estimate of drug-likeness (QED) is 0.840. The molecule has 5 nitrogen and oxygen atoms in total. The number of carbonyl (C=O) groups excluding carboxylic acids is 1. The third-order valence-corrected chi connectivity index (χ3v) is 4.89. The molecule has 0 bridgehead atoms. The average molecular weight is 341 g/mol. The third-order valence-electron chi connectivity index (χ3n) is 4.89. The zero-order chi connectivity index (χ0) is 18.0. The van der Waals surface area contributed by atoms with Crippen molar-refractivity contribution in [3.05, 3.63) is 52.3 Å². The lowest BCUT2D eigenvalue weighted by atomic mass is 10.0. The molecule has 1 aromatic heterocycles. The van der Waals surface area contributed by atoms with Crippen molar-refractivity contribution in [3.8, 4) is 0 Å². The zero-order valence-electron chi connectivity index (χ0n) is 15.6. The molecule has 0 radical (unpaired) electrons. The number of fused-ring (bicyclic) bond motifs is 1. The Hall–Kier alpha value is -2.14. The molecule has 0 fully saturated rings. The van der Waals surface area contributed by atoms with Crippen molar-refractivity contribution in [1.29, 1.82) is 0 Å². The van der Waals surface area contributed by atoms with Crippen LogP contribution in [-0.2, 0) is 42.8 Å². The molecule has 1 aromatic carbocycles. The highest BCUT2D eigenvalue weighted by Gasteiger charge is 2.27. The van der Waals surface area contributed by atoms with Crippen molar-refractivity contribution in [2.75, 3.05) is 6.54 Å². The smallest absolute Gasteiger partial charge is 0.225 e. The Morgan fingerprint density at radius 1 is 1.28 bits per heavy atom. The summed E-state index contributed by atoms with van der Waals surface area (Å²) in [6.45, 7) is 8.46. The number of amides is 1. The lowest BCUT2D eigenvalue weighted by Crippen LogP contribution is -2.38. The van der Waals surface area contributed by atoms with Crippen LogP contribution in [-0.4, -0.2) is 27.1 Å². The van der Waals surface area contributed by atoms with E-state index in [1.165, 1.54) is 16.8 Å². The summed E-state index contributed by atoms with van der Waals surface area (Å²) in [6.07, 6.45) is 0.856. The number of hydrogen-bond donors (Lipinski definition) is 0. The molecule has 1 aliphatic rings. The largest absolute Gasteiger partial charge is 0.370 e. The molecule has 0 atom stereocenters. The second-order valence-corrected chi connectivity index (χ2v) is 7.08. The minimum atomic E-state index is 0.0268. The van der Waals surface area contributed by atoms with Gasteiger partial charge in [-0.15, -0.1) is 0 Å². The first kappa shape index (κ1) is 17.7. The van der Waals surface area contributed by atoms with E-state index in [9.17, 15) is 4.79 Å². The van der Waals surface area contributed by atoms with Crippen LogP contribution in [0.4, 0.5) is 0 Å². The fraction of sp³-hybridized carbons (Fsp3) is 0.500. The normalized spacial score (nSPS) is 14.0. The molecule has 1 amide bonds. The molecule has 2 heterocycles. The van der Waals surface area contributed by atoms with Gasteiger partial charge in [-0.1, -0.05) is 38.1 Å². The highest BCUT2D eigenvalue weighted by atomic mass is 16.5. The van der Waals surface area contributed by atoms with E-state index in [1.807, 2.05) is 42.6 Å². The maximum atomic E-state index is 12.3. The molecule has 0 N–H and O–H groups in total. The molecule has 0 unspecified atom stereocenters. The van der Waals surface area contributed by atoms with Crippen molar-refractivity contribution in [2.45, 2.75) is 47.0 Å². The Balaban J connectivity index is 1.69. The number of nitrogens with zero attached hydrogens (tertiary/aromatic N) is 3. The van der Waals surface area contributed by atoms with E-state index in [0.29, 0.717) is 19.8 Å². The molecule has 1 aliphatic heterocycles. The molecule has 0 aliphatic carbocycles. The van der Waals surface area contributed by atoms with E-state index in [4.69, 9.17) is 4.74 Å². The van der Waals surface area contributed by atoms with Gasteiger partial charge in [-0.25, -0.2) is 0 Å². The molecule has 134 valence electrons. The van der Waals surface area contributed by atoms with Gasteiger partial charge in [-0.3, -0.25) is 9.48 Å². The Labute approximate surface area is 149 Å². The van der Waals surface area contributed by atoms with Crippen LogP contribution in [0.2, 0.25) is 0 Å². The summed E-state index contributed by atoms with van der Waals surface area (Å²) in [5.41, 5.74) is 5.77. The monoisotopic (exact) mass is 341 g/mol. The minimum absolute atomic E-state index is 0.0268. The lowest BCUT2D eigenvalue weighted by Gasteiger charge is -2.29. The van der Waals surface area contributed by atoms with Gasteiger partial charge >= 0.3 is 0 Å². The van der Waals surface area contributed by atoms with Crippen LogP contribution >= 0.6 is 0 Å². The molecule has 5 heteroatoms. The maximum Gasteiger partial charge on any atom is 0.225 e. The van der Waals surface area contributed by atoms with Crippen LogP contribution in [0.1, 0.15) is 41.9 Å². The fourth-order valence-electron chi connectivity index (χ4n) is 3.37. The predicted molar refractivity (Wildman–Crippen MR) is 96.8 cm³/mol. The molecular formula is C20H27N3O2. The van der Waals surface area contributed by atoms with Gasteiger partial charge < -0.3 is 9.64 Å². The number of benzene rings is 1. The second-order valence-electron chi connectivity index (χ2n) is 7.08. The van der Waals surface area contributed by atoms with Gasteiger partial charge in [0.2, 0.25) is 5.91 Å². The van der Waals surface area contributed by atoms with E-state index >= 15 is 0 Å². The molecule has 0 saturated heterocycles. The summed E-state index contributed by atoms with van der Waals surface area (Å²) in [4.78, 5) is 14.3. The number of aryl methyl sites for hydroxylation is 2. The highest BCUT2D eigenvalue weighted by molar-refractivity contribution is 5.78. The van der Waals surface area contributed by atoms with Gasteiger partial charge in [0, 0.05) is 43.7 Å². The number of hydrogen-bond acceptors (Lipinski definition) is 3. The van der Waals surface area contributed by atoms with Crippen molar-refractivity contribution >= 4 is 5.91 Å². The van der Waals surface area contributed by atoms with Crippen LogP contribution in [0.25, 0.3) is 0 Å². The minimum Gasteiger partial charge on any atom is -0.370 e. The fourth-order valence-corrected chi connectivity index (χ4v) is 3.37. The number of carbonyl (C=O) groups is 1. The van der Waals surface area contributed by atoms with E-state index < -0.39 is 0 Å². The topological polar surface area (TPSA) is 47.4 Å². The average Bonchev–Trinajstić information content (AvgIpc) is 2.91.